The summed E-state index contributed by atoms with van der Waals surface area (Å²) in [7, 11) is 0. The number of hydrogen-bond donors (Lipinski definition) is 2. The predicted octanol–water partition coefficient (Wildman–Crippen LogP) is 0.381. The normalized spacial score (nSPS) is 20.8. The second kappa shape index (κ2) is 4.40. The number of rotatable bonds is 2. The average molecular weight is 221 g/mol. The van der Waals surface area contributed by atoms with Gasteiger partial charge in [-0.1, -0.05) is 6.07 Å². The number of hydrogen-bond acceptors (Lipinski definition) is 4. The Morgan fingerprint density at radius 2 is 2.19 bits per heavy atom. The van der Waals surface area contributed by atoms with E-state index in [1.165, 1.54) is 0 Å². The Bertz CT molecular complexity index is 395. The Morgan fingerprint density at radius 3 is 2.88 bits per heavy atom. The lowest BCUT2D eigenvalue weighted by molar-refractivity contribution is -0.126. The summed E-state index contributed by atoms with van der Waals surface area (Å²) in [5, 5.41) is 0. The minimum Gasteiger partial charge on any atom is -0.397 e. The molecule has 1 aromatic rings. The monoisotopic (exact) mass is 221 g/mol. The highest BCUT2D eigenvalue weighted by Crippen LogP contribution is 2.26. The SMILES string of the molecule is Nc1ccc(C2COCCN2C=O)cc1N. The van der Waals surface area contributed by atoms with Crippen molar-refractivity contribution in [3.63, 3.8) is 0 Å². The van der Waals surface area contributed by atoms with Gasteiger partial charge in [-0.3, -0.25) is 4.79 Å². The van der Waals surface area contributed by atoms with E-state index < -0.39 is 0 Å². The van der Waals surface area contributed by atoms with Gasteiger partial charge in [-0.15, -0.1) is 0 Å². The molecule has 16 heavy (non-hydrogen) atoms. The Hall–Kier alpha value is -1.75. The molecule has 2 rings (SSSR count). The van der Waals surface area contributed by atoms with Gasteiger partial charge in [-0.2, -0.15) is 0 Å². The molecule has 1 unspecified atom stereocenters. The minimum atomic E-state index is -0.0610. The average Bonchev–Trinajstić information content (AvgIpc) is 2.32. The van der Waals surface area contributed by atoms with Crippen molar-refractivity contribution in [2.45, 2.75) is 6.04 Å². The van der Waals surface area contributed by atoms with E-state index in [1.807, 2.05) is 6.07 Å². The van der Waals surface area contributed by atoms with E-state index in [9.17, 15) is 4.79 Å². The zero-order valence-corrected chi connectivity index (χ0v) is 8.93. The largest absolute Gasteiger partial charge is 0.397 e. The van der Waals surface area contributed by atoms with Crippen molar-refractivity contribution in [2.24, 2.45) is 0 Å². The van der Waals surface area contributed by atoms with Crippen LogP contribution in [0.15, 0.2) is 18.2 Å². The molecule has 1 fully saturated rings. The van der Waals surface area contributed by atoms with Crippen LogP contribution in [0.1, 0.15) is 11.6 Å². The summed E-state index contributed by atoms with van der Waals surface area (Å²) in [6.45, 7) is 1.69. The van der Waals surface area contributed by atoms with Crippen molar-refractivity contribution in [3.8, 4) is 0 Å². The van der Waals surface area contributed by atoms with Crippen LogP contribution in [-0.2, 0) is 9.53 Å². The molecule has 1 heterocycles. The number of carbonyl (C=O) groups excluding carboxylic acids is 1. The van der Waals surface area contributed by atoms with Crippen molar-refractivity contribution < 1.29 is 9.53 Å². The summed E-state index contributed by atoms with van der Waals surface area (Å²) in [6, 6.07) is 5.36. The zero-order valence-electron chi connectivity index (χ0n) is 8.93. The molecule has 86 valence electrons. The number of amides is 1. The smallest absolute Gasteiger partial charge is 0.210 e. The van der Waals surface area contributed by atoms with Gasteiger partial charge in [0.15, 0.2) is 0 Å². The Kier molecular flexibility index (Phi) is 2.96. The standard InChI is InChI=1S/C11H15N3O2/c12-9-2-1-8(5-10(9)13)11-6-16-4-3-14(11)7-15/h1-2,5,7,11H,3-4,6,12-13H2. The molecular weight excluding hydrogens is 206 g/mol. The Labute approximate surface area is 94.0 Å². The van der Waals surface area contributed by atoms with E-state index in [1.54, 1.807) is 17.0 Å². The van der Waals surface area contributed by atoms with Crippen LogP contribution in [0.5, 0.6) is 0 Å². The molecule has 1 saturated heterocycles. The van der Waals surface area contributed by atoms with Gasteiger partial charge in [0.25, 0.3) is 0 Å². The van der Waals surface area contributed by atoms with Crippen LogP contribution >= 0.6 is 0 Å². The van der Waals surface area contributed by atoms with Crippen LogP contribution < -0.4 is 11.5 Å². The maximum atomic E-state index is 10.9. The third-order valence-electron chi connectivity index (χ3n) is 2.80. The lowest BCUT2D eigenvalue weighted by Gasteiger charge is -2.33. The van der Waals surface area contributed by atoms with Gasteiger partial charge >= 0.3 is 0 Å². The zero-order chi connectivity index (χ0) is 11.5. The summed E-state index contributed by atoms with van der Waals surface area (Å²) in [5.41, 5.74) is 13.4. The van der Waals surface area contributed by atoms with Crippen LogP contribution in [0.4, 0.5) is 11.4 Å². The first-order valence-electron chi connectivity index (χ1n) is 5.16. The molecule has 0 aromatic heterocycles. The highest BCUT2D eigenvalue weighted by Gasteiger charge is 2.23. The predicted molar refractivity (Wildman–Crippen MR) is 61.6 cm³/mol. The molecule has 0 spiro atoms. The van der Waals surface area contributed by atoms with Gasteiger partial charge in [0, 0.05) is 6.54 Å². The van der Waals surface area contributed by atoms with E-state index in [0.29, 0.717) is 31.1 Å². The molecule has 0 bridgehead atoms. The van der Waals surface area contributed by atoms with Gasteiger partial charge in [-0.25, -0.2) is 0 Å². The van der Waals surface area contributed by atoms with Crippen molar-refractivity contribution in [3.05, 3.63) is 23.8 Å². The first kappa shape index (κ1) is 10.8. The molecule has 1 aliphatic heterocycles. The van der Waals surface area contributed by atoms with Crippen LogP contribution in [0.3, 0.4) is 0 Å². The highest BCUT2D eigenvalue weighted by atomic mass is 16.5. The van der Waals surface area contributed by atoms with Crippen LogP contribution in [0, 0.1) is 0 Å². The van der Waals surface area contributed by atoms with E-state index in [4.69, 9.17) is 16.2 Å². The van der Waals surface area contributed by atoms with Gasteiger partial charge in [-0.05, 0) is 17.7 Å². The molecule has 1 amide bonds. The number of morpholine rings is 1. The molecule has 5 nitrogen and oxygen atoms in total. The molecule has 0 radical (unpaired) electrons. The summed E-state index contributed by atoms with van der Waals surface area (Å²) in [6.07, 6.45) is 0.847. The second-order valence-electron chi connectivity index (χ2n) is 3.82. The molecule has 0 saturated carbocycles. The molecule has 5 heteroatoms. The first-order chi connectivity index (χ1) is 7.72. The number of carbonyl (C=O) groups is 1. The number of nitrogens with two attached hydrogens (primary N) is 2. The minimum absolute atomic E-state index is 0.0610. The lowest BCUT2D eigenvalue weighted by atomic mass is 10.0. The number of nitrogen functional groups attached to an aromatic ring is 2. The quantitative estimate of drug-likeness (QED) is 0.559. The highest BCUT2D eigenvalue weighted by molar-refractivity contribution is 5.64. The fraction of sp³-hybridized carbons (Fsp3) is 0.364. The van der Waals surface area contributed by atoms with Gasteiger partial charge in [0.05, 0.1) is 30.6 Å². The Balaban J connectivity index is 2.27. The van der Waals surface area contributed by atoms with E-state index in [2.05, 4.69) is 0 Å². The van der Waals surface area contributed by atoms with Crippen LogP contribution in [0.2, 0.25) is 0 Å². The van der Waals surface area contributed by atoms with Gasteiger partial charge < -0.3 is 21.1 Å². The third-order valence-corrected chi connectivity index (χ3v) is 2.80. The fourth-order valence-electron chi connectivity index (χ4n) is 1.83. The molecular formula is C11H15N3O2. The van der Waals surface area contributed by atoms with Gasteiger partial charge in [0.1, 0.15) is 0 Å². The Morgan fingerprint density at radius 1 is 1.38 bits per heavy atom. The summed E-state index contributed by atoms with van der Waals surface area (Å²) in [4.78, 5) is 12.6. The number of anilines is 2. The summed E-state index contributed by atoms with van der Waals surface area (Å²) >= 11 is 0. The van der Waals surface area contributed by atoms with E-state index in [-0.39, 0.29) is 6.04 Å². The number of benzene rings is 1. The van der Waals surface area contributed by atoms with E-state index >= 15 is 0 Å². The van der Waals surface area contributed by atoms with Crippen molar-refractivity contribution in [1.29, 1.82) is 0 Å². The van der Waals surface area contributed by atoms with E-state index in [0.717, 1.165) is 12.0 Å². The molecule has 1 aliphatic rings. The van der Waals surface area contributed by atoms with Crippen LogP contribution in [0.25, 0.3) is 0 Å². The lowest BCUT2D eigenvalue weighted by Crippen LogP contribution is -2.38. The maximum absolute atomic E-state index is 10.9. The van der Waals surface area contributed by atoms with Crippen LogP contribution in [-0.4, -0.2) is 31.1 Å². The number of ether oxygens (including phenoxy) is 1. The second-order valence-corrected chi connectivity index (χ2v) is 3.82. The summed E-state index contributed by atoms with van der Waals surface area (Å²) in [5.74, 6) is 0. The molecule has 1 atom stereocenters. The van der Waals surface area contributed by atoms with Crippen molar-refractivity contribution >= 4 is 17.8 Å². The molecule has 1 aromatic carbocycles. The summed E-state index contributed by atoms with van der Waals surface area (Å²) < 4.78 is 5.37. The van der Waals surface area contributed by atoms with Crippen molar-refractivity contribution in [2.75, 3.05) is 31.2 Å². The third kappa shape index (κ3) is 1.94. The number of nitrogens with zero attached hydrogens (tertiary/aromatic N) is 1. The van der Waals surface area contributed by atoms with Gasteiger partial charge in [0.2, 0.25) is 6.41 Å². The molecule has 4 N–H and O–H groups in total. The topological polar surface area (TPSA) is 81.6 Å². The fourth-order valence-corrected chi connectivity index (χ4v) is 1.83. The van der Waals surface area contributed by atoms with Crippen molar-refractivity contribution in [1.82, 2.24) is 4.90 Å². The maximum Gasteiger partial charge on any atom is 0.210 e. The molecule has 0 aliphatic carbocycles. The first-order valence-corrected chi connectivity index (χ1v) is 5.16.